The van der Waals surface area contributed by atoms with Gasteiger partial charge in [0.2, 0.25) is 0 Å². The number of hydrogen-bond donors (Lipinski definition) is 2. The van der Waals surface area contributed by atoms with Crippen molar-refractivity contribution in [2.24, 2.45) is 0 Å². The highest BCUT2D eigenvalue weighted by Crippen LogP contribution is 2.23. The summed E-state index contributed by atoms with van der Waals surface area (Å²) in [5.74, 6) is 0. The lowest BCUT2D eigenvalue weighted by atomic mass is 10.1. The molecule has 0 spiro atoms. The number of hydrogen-bond acceptors (Lipinski definition) is 4. The van der Waals surface area contributed by atoms with Crippen LogP contribution in [0, 0.1) is 0 Å². The first-order valence-electron chi connectivity index (χ1n) is 8.16. The molecule has 0 aliphatic heterocycles. The highest BCUT2D eigenvalue weighted by Gasteiger charge is 2.30. The van der Waals surface area contributed by atoms with Gasteiger partial charge >= 0.3 is 6.09 Å². The van der Waals surface area contributed by atoms with Crippen molar-refractivity contribution in [3.8, 4) is 0 Å². The summed E-state index contributed by atoms with van der Waals surface area (Å²) in [4.78, 5) is 11.9. The van der Waals surface area contributed by atoms with Crippen molar-refractivity contribution >= 4 is 11.8 Å². The molecule has 0 aromatic carbocycles. The topological polar surface area (TPSA) is 68.2 Å². The fraction of sp³-hybridized carbons (Fsp3) is 0.750. The Morgan fingerprint density at radius 3 is 2.82 bits per heavy atom. The zero-order chi connectivity index (χ0) is 16.2. The van der Waals surface area contributed by atoms with Crippen molar-refractivity contribution in [3.63, 3.8) is 0 Å². The molecule has 22 heavy (non-hydrogen) atoms. The average molecular weight is 308 g/mol. The molecule has 1 aromatic rings. The summed E-state index contributed by atoms with van der Waals surface area (Å²) in [6.45, 7) is 8.68. The molecule has 0 saturated heterocycles. The molecule has 0 radical (unpaired) electrons. The largest absolute Gasteiger partial charge is 0.444 e. The minimum atomic E-state index is -0.465. The van der Waals surface area contributed by atoms with Gasteiger partial charge < -0.3 is 15.4 Å². The Labute approximate surface area is 132 Å². The van der Waals surface area contributed by atoms with E-state index in [1.165, 1.54) is 0 Å². The number of aryl methyl sites for hydroxylation is 1. The van der Waals surface area contributed by atoms with Gasteiger partial charge in [0, 0.05) is 18.8 Å². The molecule has 1 aromatic heterocycles. The first-order chi connectivity index (χ1) is 10.4. The predicted octanol–water partition coefficient (Wildman–Crippen LogP) is 3.15. The van der Waals surface area contributed by atoms with Crippen molar-refractivity contribution < 1.29 is 9.53 Å². The Morgan fingerprint density at radius 1 is 1.41 bits per heavy atom. The lowest BCUT2D eigenvalue weighted by Crippen LogP contribution is -2.45. The summed E-state index contributed by atoms with van der Waals surface area (Å²) in [6.07, 6.45) is 7.70. The van der Waals surface area contributed by atoms with Crippen LogP contribution in [0.5, 0.6) is 0 Å². The van der Waals surface area contributed by atoms with E-state index in [0.29, 0.717) is 0 Å². The van der Waals surface area contributed by atoms with Gasteiger partial charge in [0.15, 0.2) is 0 Å². The van der Waals surface area contributed by atoms with Crippen LogP contribution in [0.4, 0.5) is 10.5 Å². The molecule has 1 amide bonds. The molecule has 2 rings (SSSR count). The third-order valence-corrected chi connectivity index (χ3v) is 3.66. The molecule has 0 bridgehead atoms. The van der Waals surface area contributed by atoms with E-state index in [9.17, 15) is 4.79 Å². The molecule has 1 aliphatic rings. The normalized spacial score (nSPS) is 21.6. The average Bonchev–Trinajstić information content (AvgIpc) is 2.99. The number of ether oxygens (including phenoxy) is 1. The Morgan fingerprint density at radius 2 is 2.14 bits per heavy atom. The van der Waals surface area contributed by atoms with Crippen LogP contribution >= 0.6 is 0 Å². The van der Waals surface area contributed by atoms with Gasteiger partial charge in [-0.2, -0.15) is 5.10 Å². The Bertz CT molecular complexity index is 493. The molecule has 6 nitrogen and oxygen atoms in total. The predicted molar refractivity (Wildman–Crippen MR) is 86.9 cm³/mol. The number of carbonyl (C=O) groups excluding carboxylic acids is 1. The Balaban J connectivity index is 1.88. The number of aromatic nitrogens is 2. The molecular formula is C16H28N4O2. The van der Waals surface area contributed by atoms with Crippen LogP contribution in [0.15, 0.2) is 12.4 Å². The smallest absolute Gasteiger partial charge is 0.407 e. The molecule has 2 atom stereocenters. The minimum absolute atomic E-state index is 0.101. The van der Waals surface area contributed by atoms with Crippen LogP contribution in [0.2, 0.25) is 0 Å². The van der Waals surface area contributed by atoms with Crippen molar-refractivity contribution in [1.82, 2.24) is 15.1 Å². The molecule has 6 heteroatoms. The van der Waals surface area contributed by atoms with Crippen molar-refractivity contribution in [1.29, 1.82) is 0 Å². The molecular weight excluding hydrogens is 280 g/mol. The summed E-state index contributed by atoms with van der Waals surface area (Å²) in [5.41, 5.74) is 0.545. The van der Waals surface area contributed by atoms with E-state index in [1.807, 2.05) is 37.8 Å². The van der Waals surface area contributed by atoms with E-state index in [1.54, 1.807) is 0 Å². The maximum Gasteiger partial charge on any atom is 0.407 e. The molecule has 2 N–H and O–H groups in total. The molecule has 124 valence electrons. The van der Waals surface area contributed by atoms with Crippen LogP contribution in [0.1, 0.15) is 53.4 Å². The fourth-order valence-corrected chi connectivity index (χ4v) is 2.77. The van der Waals surface area contributed by atoms with Crippen LogP contribution in [-0.4, -0.2) is 33.6 Å². The molecule has 1 aliphatic carbocycles. The minimum Gasteiger partial charge on any atom is -0.444 e. The summed E-state index contributed by atoms with van der Waals surface area (Å²) >= 11 is 0. The highest BCUT2D eigenvalue weighted by atomic mass is 16.6. The van der Waals surface area contributed by atoms with Gasteiger partial charge in [-0.05, 0) is 46.5 Å². The van der Waals surface area contributed by atoms with Gasteiger partial charge in [-0.3, -0.25) is 4.68 Å². The van der Waals surface area contributed by atoms with Crippen LogP contribution < -0.4 is 10.6 Å². The van der Waals surface area contributed by atoms with E-state index < -0.39 is 5.60 Å². The van der Waals surface area contributed by atoms with Crippen molar-refractivity contribution in [2.45, 2.75) is 77.6 Å². The molecule has 2 unspecified atom stereocenters. The first kappa shape index (κ1) is 16.6. The number of alkyl carbamates (subject to hydrolysis) is 1. The van der Waals surface area contributed by atoms with Crippen molar-refractivity contribution in [3.05, 3.63) is 12.4 Å². The second-order valence-electron chi connectivity index (χ2n) is 6.93. The number of nitrogens with one attached hydrogen (secondary N) is 2. The van der Waals surface area contributed by atoms with E-state index in [0.717, 1.165) is 37.9 Å². The van der Waals surface area contributed by atoms with Gasteiger partial charge in [0.1, 0.15) is 5.60 Å². The van der Waals surface area contributed by atoms with E-state index in [2.05, 4.69) is 22.7 Å². The van der Waals surface area contributed by atoms with Gasteiger partial charge in [-0.25, -0.2) is 4.79 Å². The van der Waals surface area contributed by atoms with E-state index in [-0.39, 0.29) is 18.2 Å². The van der Waals surface area contributed by atoms with Crippen LogP contribution in [0.3, 0.4) is 0 Å². The summed E-state index contributed by atoms with van der Waals surface area (Å²) < 4.78 is 7.28. The first-order valence-corrected chi connectivity index (χ1v) is 8.16. The summed E-state index contributed by atoms with van der Waals surface area (Å²) in [6, 6.07) is 0.330. The van der Waals surface area contributed by atoms with Gasteiger partial charge in [0.25, 0.3) is 0 Å². The van der Waals surface area contributed by atoms with Gasteiger partial charge in [-0.1, -0.05) is 6.92 Å². The number of carbonyl (C=O) groups is 1. The molecule has 1 fully saturated rings. The maximum absolute atomic E-state index is 11.9. The Kier molecular flexibility index (Phi) is 5.32. The van der Waals surface area contributed by atoms with Gasteiger partial charge in [0.05, 0.1) is 17.9 Å². The SMILES string of the molecule is CCCn1cc(NC2CCCC2NC(=O)OC(C)(C)C)cn1. The summed E-state index contributed by atoms with van der Waals surface area (Å²) in [7, 11) is 0. The summed E-state index contributed by atoms with van der Waals surface area (Å²) in [5, 5.41) is 10.8. The standard InChI is InChI=1S/C16H28N4O2/c1-5-9-20-11-12(10-17-20)18-13-7-6-8-14(13)19-15(21)22-16(2,3)4/h10-11,13-14,18H,5-9H2,1-4H3,(H,19,21). The zero-order valence-corrected chi connectivity index (χ0v) is 14.1. The molecule has 1 heterocycles. The number of nitrogens with zero attached hydrogens (tertiary/aromatic N) is 2. The monoisotopic (exact) mass is 308 g/mol. The van der Waals surface area contributed by atoms with Crippen molar-refractivity contribution in [2.75, 3.05) is 5.32 Å². The fourth-order valence-electron chi connectivity index (χ4n) is 2.77. The third kappa shape index (κ3) is 4.93. The molecule has 1 saturated carbocycles. The van der Waals surface area contributed by atoms with E-state index >= 15 is 0 Å². The third-order valence-electron chi connectivity index (χ3n) is 3.66. The quantitative estimate of drug-likeness (QED) is 0.877. The number of anilines is 1. The zero-order valence-electron chi connectivity index (χ0n) is 14.1. The second kappa shape index (κ2) is 7.03. The number of amides is 1. The number of rotatable bonds is 5. The second-order valence-corrected chi connectivity index (χ2v) is 6.93. The maximum atomic E-state index is 11.9. The Hall–Kier alpha value is -1.72. The lowest BCUT2D eigenvalue weighted by molar-refractivity contribution is 0.0503. The highest BCUT2D eigenvalue weighted by molar-refractivity contribution is 5.68. The lowest BCUT2D eigenvalue weighted by Gasteiger charge is -2.25. The van der Waals surface area contributed by atoms with Gasteiger partial charge in [-0.15, -0.1) is 0 Å². The van der Waals surface area contributed by atoms with E-state index in [4.69, 9.17) is 4.74 Å². The van der Waals surface area contributed by atoms with Crippen LogP contribution in [-0.2, 0) is 11.3 Å². The van der Waals surface area contributed by atoms with Crippen LogP contribution in [0.25, 0.3) is 0 Å².